The summed E-state index contributed by atoms with van der Waals surface area (Å²) in [5, 5.41) is 0. The van der Waals surface area contributed by atoms with Crippen LogP contribution in [-0.4, -0.2) is 6.94 Å². The molecule has 0 saturated heterocycles. The van der Waals surface area contributed by atoms with Crippen LogP contribution in [0.1, 0.15) is 12.5 Å². The number of benzene rings is 1. The monoisotopic (exact) mass is 246 g/mol. The fourth-order valence-electron chi connectivity index (χ4n) is 1.06. The highest BCUT2D eigenvalue weighted by molar-refractivity contribution is 7.44. The maximum Gasteiger partial charge on any atom is 0.476 e. The van der Waals surface area contributed by atoms with Crippen LogP contribution < -0.4 is 4.43 Å². The van der Waals surface area contributed by atoms with E-state index in [1.54, 1.807) is 5.70 Å². The van der Waals surface area contributed by atoms with Gasteiger partial charge in [0.05, 0.1) is 0 Å². The average Bonchev–Trinajstić information content (AvgIpc) is 2.02. The normalized spacial score (nSPS) is 12.0. The Morgan fingerprint density at radius 1 is 1.36 bits per heavy atom. The lowest BCUT2D eigenvalue weighted by Crippen LogP contribution is -2.25. The van der Waals surface area contributed by atoms with Gasteiger partial charge in [-0.25, -0.2) is 0 Å². The van der Waals surface area contributed by atoms with Gasteiger partial charge in [0.2, 0.25) is 0 Å². The molecule has 0 atom stereocenters. The van der Waals surface area contributed by atoms with E-state index in [9.17, 15) is 0 Å². The molecule has 0 spiro atoms. The van der Waals surface area contributed by atoms with Crippen molar-refractivity contribution in [3.63, 3.8) is 0 Å². The van der Waals surface area contributed by atoms with Crippen molar-refractivity contribution in [2.75, 3.05) is 0 Å². The molecule has 1 aromatic carbocycles. The summed E-state index contributed by atoms with van der Waals surface area (Å²) in [6.07, 6.45) is 1.81. The second-order valence-electron chi connectivity index (χ2n) is 2.98. The highest BCUT2D eigenvalue weighted by atomic mass is 35.7. The summed E-state index contributed by atoms with van der Waals surface area (Å²) < 4.78 is 5.51. The van der Waals surface area contributed by atoms with Crippen LogP contribution in [0.15, 0.2) is 36.0 Å². The van der Waals surface area contributed by atoms with Crippen LogP contribution in [-0.2, 0) is 0 Å². The molecule has 1 nitrogen and oxygen atoms in total. The van der Waals surface area contributed by atoms with Gasteiger partial charge in [-0.3, -0.25) is 0 Å². The fraction of sp³-hybridized carbons (Fsp3) is 0.200. The van der Waals surface area contributed by atoms with Crippen LogP contribution in [0.4, 0.5) is 0 Å². The van der Waals surface area contributed by atoms with E-state index in [1.165, 1.54) is 0 Å². The van der Waals surface area contributed by atoms with Crippen molar-refractivity contribution < 1.29 is 4.43 Å². The van der Waals surface area contributed by atoms with Crippen molar-refractivity contribution in [1.82, 2.24) is 0 Å². The SMILES string of the molecule is CC=C[Si](Cl)(Cl)Oc1cccc(C)c1. The van der Waals surface area contributed by atoms with E-state index in [1.807, 2.05) is 44.2 Å². The maximum absolute atomic E-state index is 6.02. The minimum absolute atomic E-state index is 0.722. The first kappa shape index (κ1) is 11.6. The van der Waals surface area contributed by atoms with Crippen LogP contribution in [0.2, 0.25) is 0 Å². The van der Waals surface area contributed by atoms with E-state index < -0.39 is 6.94 Å². The molecule has 0 aliphatic heterocycles. The molecule has 76 valence electrons. The minimum atomic E-state index is -2.70. The molecular formula is C10H12Cl2OSi. The maximum atomic E-state index is 6.02. The predicted molar refractivity (Wildman–Crippen MR) is 64.1 cm³/mol. The highest BCUT2D eigenvalue weighted by Crippen LogP contribution is 2.23. The molecule has 0 heterocycles. The Kier molecular flexibility index (Phi) is 4.05. The van der Waals surface area contributed by atoms with Gasteiger partial charge in [-0.1, -0.05) is 40.4 Å². The number of allylic oxidation sites excluding steroid dienone is 1. The summed E-state index contributed by atoms with van der Waals surface area (Å²) in [7, 11) is 0. The van der Waals surface area contributed by atoms with Gasteiger partial charge < -0.3 is 4.43 Å². The summed E-state index contributed by atoms with van der Waals surface area (Å²) in [4.78, 5) is 0. The zero-order valence-corrected chi connectivity index (χ0v) is 10.6. The predicted octanol–water partition coefficient (Wildman–Crippen LogP) is 3.91. The van der Waals surface area contributed by atoms with Gasteiger partial charge in [-0.2, -0.15) is 0 Å². The van der Waals surface area contributed by atoms with Crippen molar-refractivity contribution >= 4 is 29.1 Å². The van der Waals surface area contributed by atoms with E-state index in [0.29, 0.717) is 0 Å². The van der Waals surface area contributed by atoms with E-state index in [-0.39, 0.29) is 0 Å². The lowest BCUT2D eigenvalue weighted by Gasteiger charge is -2.14. The Bertz CT molecular complexity index is 337. The van der Waals surface area contributed by atoms with Gasteiger partial charge in [0.1, 0.15) is 5.75 Å². The molecule has 0 amide bonds. The Morgan fingerprint density at radius 2 is 2.07 bits per heavy atom. The van der Waals surface area contributed by atoms with Crippen molar-refractivity contribution in [3.8, 4) is 5.75 Å². The molecule has 0 radical (unpaired) electrons. The molecule has 1 aromatic rings. The van der Waals surface area contributed by atoms with Gasteiger partial charge >= 0.3 is 6.94 Å². The number of hydrogen-bond donors (Lipinski definition) is 0. The van der Waals surface area contributed by atoms with Crippen molar-refractivity contribution in [1.29, 1.82) is 0 Å². The highest BCUT2D eigenvalue weighted by Gasteiger charge is 2.28. The van der Waals surface area contributed by atoms with Crippen LogP contribution in [0, 0.1) is 6.92 Å². The zero-order chi connectivity index (χ0) is 10.6. The van der Waals surface area contributed by atoms with Gasteiger partial charge in [0.25, 0.3) is 0 Å². The Balaban J connectivity index is 2.78. The molecule has 0 N–H and O–H groups in total. The summed E-state index contributed by atoms with van der Waals surface area (Å²) >= 11 is 12.0. The van der Waals surface area contributed by atoms with E-state index >= 15 is 0 Å². The molecule has 0 aliphatic rings. The van der Waals surface area contributed by atoms with Crippen LogP contribution in [0.25, 0.3) is 0 Å². The topological polar surface area (TPSA) is 9.23 Å². The molecule has 4 heteroatoms. The lowest BCUT2D eigenvalue weighted by molar-refractivity contribution is 0.589. The van der Waals surface area contributed by atoms with Gasteiger partial charge in [-0.15, -0.1) is 0 Å². The van der Waals surface area contributed by atoms with Crippen LogP contribution >= 0.6 is 22.2 Å². The minimum Gasteiger partial charge on any atom is -0.516 e. The second-order valence-corrected chi connectivity index (χ2v) is 8.59. The molecule has 0 aromatic heterocycles. The Labute approximate surface area is 94.8 Å². The average molecular weight is 247 g/mol. The number of hydrogen-bond acceptors (Lipinski definition) is 1. The van der Waals surface area contributed by atoms with Gasteiger partial charge in [0.15, 0.2) is 0 Å². The zero-order valence-electron chi connectivity index (χ0n) is 8.13. The molecule has 0 unspecified atom stereocenters. The molecule has 14 heavy (non-hydrogen) atoms. The van der Waals surface area contributed by atoms with Crippen LogP contribution in [0.5, 0.6) is 5.75 Å². The number of rotatable bonds is 3. The third kappa shape index (κ3) is 3.74. The third-order valence-corrected chi connectivity index (χ3v) is 4.05. The second kappa shape index (κ2) is 4.87. The third-order valence-electron chi connectivity index (χ3n) is 1.60. The first-order valence-corrected chi connectivity index (χ1v) is 8.32. The number of aryl methyl sites for hydroxylation is 1. The summed E-state index contributed by atoms with van der Waals surface area (Å²) in [5.74, 6) is 0.722. The molecule has 0 fully saturated rings. The van der Waals surface area contributed by atoms with Crippen molar-refractivity contribution in [3.05, 3.63) is 41.6 Å². The standard InChI is InChI=1S/C10H12Cl2OSi/c1-3-7-14(11,12)13-10-6-4-5-9(2)8-10/h3-8H,1-2H3. The first-order valence-electron chi connectivity index (χ1n) is 4.31. The molecule has 0 aliphatic carbocycles. The summed E-state index contributed by atoms with van der Waals surface area (Å²) in [6, 6.07) is 7.67. The Hall–Kier alpha value is -0.443. The Morgan fingerprint density at radius 3 is 2.64 bits per heavy atom. The van der Waals surface area contributed by atoms with E-state index in [2.05, 4.69) is 0 Å². The lowest BCUT2D eigenvalue weighted by atomic mass is 10.2. The smallest absolute Gasteiger partial charge is 0.476 e. The molecule has 1 rings (SSSR count). The number of halogens is 2. The molecule has 0 bridgehead atoms. The molecular weight excluding hydrogens is 235 g/mol. The van der Waals surface area contributed by atoms with E-state index in [0.717, 1.165) is 11.3 Å². The van der Waals surface area contributed by atoms with Crippen LogP contribution in [0.3, 0.4) is 0 Å². The van der Waals surface area contributed by atoms with Gasteiger partial charge in [0, 0.05) is 0 Å². The summed E-state index contributed by atoms with van der Waals surface area (Å²) in [6.45, 7) is 1.16. The van der Waals surface area contributed by atoms with Gasteiger partial charge in [-0.05, 0) is 37.2 Å². The quantitative estimate of drug-likeness (QED) is 0.581. The van der Waals surface area contributed by atoms with Crippen molar-refractivity contribution in [2.24, 2.45) is 0 Å². The van der Waals surface area contributed by atoms with Crippen molar-refractivity contribution in [2.45, 2.75) is 13.8 Å². The molecule has 0 saturated carbocycles. The fourth-order valence-corrected chi connectivity index (χ4v) is 3.25. The first-order chi connectivity index (χ1) is 6.53. The largest absolute Gasteiger partial charge is 0.516 e. The summed E-state index contributed by atoms with van der Waals surface area (Å²) in [5.41, 5.74) is 2.85. The van der Waals surface area contributed by atoms with E-state index in [4.69, 9.17) is 26.6 Å².